The van der Waals surface area contributed by atoms with Crippen LogP contribution in [0.15, 0.2) is 29.4 Å². The molecule has 2 heterocycles. The van der Waals surface area contributed by atoms with Gasteiger partial charge >= 0.3 is 0 Å². The maximum absolute atomic E-state index is 12.6. The first-order valence-corrected chi connectivity index (χ1v) is 9.54. The second kappa shape index (κ2) is 7.78. The summed E-state index contributed by atoms with van der Waals surface area (Å²) in [6, 6.07) is 6.79. The van der Waals surface area contributed by atoms with E-state index in [0.29, 0.717) is 29.4 Å². The van der Waals surface area contributed by atoms with Crippen molar-refractivity contribution in [1.82, 2.24) is 10.2 Å². The van der Waals surface area contributed by atoms with Gasteiger partial charge < -0.3 is 15.3 Å². The zero-order valence-corrected chi connectivity index (χ0v) is 16.2. The summed E-state index contributed by atoms with van der Waals surface area (Å²) in [5, 5.41) is 18.9. The molecule has 2 aliphatic rings. The Kier molecular flexibility index (Phi) is 5.62. The Morgan fingerprint density at radius 2 is 2.07 bits per heavy atom. The van der Waals surface area contributed by atoms with Gasteiger partial charge in [0.25, 0.3) is 11.8 Å². The second-order valence-corrected chi connectivity index (χ2v) is 7.52. The van der Waals surface area contributed by atoms with Crippen LogP contribution in [0.4, 0.5) is 5.69 Å². The predicted molar refractivity (Wildman–Crippen MR) is 105 cm³/mol. The number of likely N-dealkylation sites (tertiary alicyclic amines) is 1. The molecule has 7 heteroatoms. The highest BCUT2D eigenvalue weighted by Crippen LogP contribution is 2.29. The molecule has 1 atom stereocenters. The predicted octanol–water partition coefficient (Wildman–Crippen LogP) is 1.62. The van der Waals surface area contributed by atoms with E-state index >= 15 is 0 Å². The van der Waals surface area contributed by atoms with Gasteiger partial charge in [-0.05, 0) is 70.4 Å². The van der Waals surface area contributed by atoms with E-state index in [1.54, 1.807) is 38.1 Å². The first kappa shape index (κ1) is 19.5. The third kappa shape index (κ3) is 3.89. The molecule has 1 aromatic carbocycles. The summed E-state index contributed by atoms with van der Waals surface area (Å²) >= 11 is 0. The fraction of sp³-hybridized carbons (Fsp3) is 0.550. The number of carbonyl (C=O) groups is 2. The van der Waals surface area contributed by atoms with Gasteiger partial charge in [-0.3, -0.25) is 9.59 Å². The quantitative estimate of drug-likeness (QED) is 0.823. The van der Waals surface area contributed by atoms with Crippen LogP contribution in [0, 0.1) is 5.92 Å². The van der Waals surface area contributed by atoms with Crippen molar-refractivity contribution in [2.45, 2.75) is 38.7 Å². The number of piperidine rings is 1. The van der Waals surface area contributed by atoms with E-state index in [9.17, 15) is 14.7 Å². The maximum atomic E-state index is 12.6. The molecule has 2 N–H and O–H groups in total. The summed E-state index contributed by atoms with van der Waals surface area (Å²) < 4.78 is 0. The molecular weight excluding hydrogens is 344 g/mol. The third-order valence-electron chi connectivity index (χ3n) is 5.65. The van der Waals surface area contributed by atoms with Crippen LogP contribution >= 0.6 is 0 Å². The topological polar surface area (TPSA) is 85.2 Å². The Balaban J connectivity index is 1.67. The number of anilines is 1. The van der Waals surface area contributed by atoms with Crippen LogP contribution in [0.25, 0.3) is 0 Å². The van der Waals surface area contributed by atoms with Gasteiger partial charge in [0.05, 0.1) is 11.4 Å². The molecule has 1 fully saturated rings. The van der Waals surface area contributed by atoms with E-state index in [4.69, 9.17) is 0 Å². The Morgan fingerprint density at radius 3 is 2.70 bits per heavy atom. The van der Waals surface area contributed by atoms with Crippen molar-refractivity contribution in [3.8, 4) is 0 Å². The summed E-state index contributed by atoms with van der Waals surface area (Å²) in [4.78, 5) is 27.4. The first-order valence-electron chi connectivity index (χ1n) is 9.54. The van der Waals surface area contributed by atoms with E-state index in [0.717, 1.165) is 25.9 Å². The van der Waals surface area contributed by atoms with E-state index < -0.39 is 11.5 Å². The molecule has 0 unspecified atom stereocenters. The summed E-state index contributed by atoms with van der Waals surface area (Å²) in [5.74, 6) is -0.138. The van der Waals surface area contributed by atoms with Gasteiger partial charge in [0.2, 0.25) is 0 Å². The highest BCUT2D eigenvalue weighted by molar-refractivity contribution is 6.21. The van der Waals surface area contributed by atoms with Gasteiger partial charge in [0.15, 0.2) is 5.60 Å². The molecule has 1 saturated heterocycles. The van der Waals surface area contributed by atoms with E-state index in [-0.39, 0.29) is 12.3 Å². The Morgan fingerprint density at radius 1 is 1.37 bits per heavy atom. The molecule has 0 bridgehead atoms. The molecule has 3 rings (SSSR count). The van der Waals surface area contributed by atoms with Crippen molar-refractivity contribution in [1.29, 1.82) is 0 Å². The lowest BCUT2D eigenvalue weighted by Crippen LogP contribution is -2.45. The summed E-state index contributed by atoms with van der Waals surface area (Å²) in [6.45, 7) is 6.16. The molecule has 146 valence electrons. The fourth-order valence-electron chi connectivity index (χ4n) is 3.57. The van der Waals surface area contributed by atoms with Crippen molar-refractivity contribution >= 4 is 23.2 Å². The van der Waals surface area contributed by atoms with E-state index in [1.807, 2.05) is 0 Å². The molecule has 27 heavy (non-hydrogen) atoms. The lowest BCUT2D eigenvalue weighted by molar-refractivity contribution is -0.129. The van der Waals surface area contributed by atoms with Gasteiger partial charge in [0, 0.05) is 12.1 Å². The molecule has 0 saturated carbocycles. The lowest BCUT2D eigenvalue weighted by Gasteiger charge is -2.28. The van der Waals surface area contributed by atoms with Crippen molar-refractivity contribution in [3.05, 3.63) is 29.8 Å². The van der Waals surface area contributed by atoms with Gasteiger partial charge in [-0.15, -0.1) is 0 Å². The number of carbonyl (C=O) groups excluding carboxylic acids is 2. The average molecular weight is 372 g/mol. The summed E-state index contributed by atoms with van der Waals surface area (Å²) in [6.07, 6.45) is 2.43. The maximum Gasteiger partial charge on any atom is 0.285 e. The normalized spacial score (nSPS) is 24.2. The van der Waals surface area contributed by atoms with Crippen molar-refractivity contribution in [3.63, 3.8) is 0 Å². The minimum absolute atomic E-state index is 0.158. The Bertz CT molecular complexity index is 755. The van der Waals surface area contributed by atoms with Crippen molar-refractivity contribution < 1.29 is 14.7 Å². The zero-order chi connectivity index (χ0) is 19.6. The SMILES string of the molecule is CC[C@@]1(O)C(=O)N(c2cccc(C(=O)NCC3CCN(C)CC3)c2)N=C1C. The number of hydrogen-bond donors (Lipinski definition) is 2. The van der Waals surface area contributed by atoms with Crippen molar-refractivity contribution in [2.75, 3.05) is 31.7 Å². The number of nitrogens with one attached hydrogen (secondary N) is 1. The molecule has 2 amide bonds. The number of benzene rings is 1. The standard InChI is InChI=1S/C20H28N4O3/c1-4-20(27)14(2)22-24(19(20)26)17-7-5-6-16(12-17)18(25)21-13-15-8-10-23(3)11-9-15/h5-7,12,15,27H,4,8-11,13H2,1-3H3,(H,21,25)/t20-/m0/s1. The first-order chi connectivity index (χ1) is 12.8. The molecule has 1 aromatic rings. The molecule has 0 spiro atoms. The summed E-state index contributed by atoms with van der Waals surface area (Å²) in [7, 11) is 2.11. The van der Waals surface area contributed by atoms with Gasteiger partial charge in [0.1, 0.15) is 0 Å². The number of hydrazone groups is 1. The average Bonchev–Trinajstić information content (AvgIpc) is 2.92. The number of aliphatic hydroxyl groups is 1. The van der Waals surface area contributed by atoms with Crippen LogP contribution in [-0.2, 0) is 4.79 Å². The highest BCUT2D eigenvalue weighted by atomic mass is 16.3. The van der Waals surface area contributed by atoms with Crippen LogP contribution < -0.4 is 10.3 Å². The van der Waals surface area contributed by atoms with Crippen LogP contribution in [0.2, 0.25) is 0 Å². The Labute approximate surface area is 160 Å². The number of nitrogens with zero attached hydrogens (tertiary/aromatic N) is 3. The van der Waals surface area contributed by atoms with Crippen LogP contribution in [0.3, 0.4) is 0 Å². The van der Waals surface area contributed by atoms with E-state index in [2.05, 4.69) is 22.4 Å². The highest BCUT2D eigenvalue weighted by Gasteiger charge is 2.46. The molecule has 0 radical (unpaired) electrons. The molecule has 0 aromatic heterocycles. The monoisotopic (exact) mass is 372 g/mol. The molecule has 7 nitrogen and oxygen atoms in total. The fourth-order valence-corrected chi connectivity index (χ4v) is 3.57. The van der Waals surface area contributed by atoms with Crippen LogP contribution in [-0.4, -0.2) is 59.8 Å². The minimum Gasteiger partial charge on any atom is -0.374 e. The van der Waals surface area contributed by atoms with Gasteiger partial charge in [-0.2, -0.15) is 10.1 Å². The molecular formula is C20H28N4O3. The second-order valence-electron chi connectivity index (χ2n) is 7.52. The zero-order valence-electron chi connectivity index (χ0n) is 16.2. The number of rotatable bonds is 5. The Hall–Kier alpha value is -2.25. The van der Waals surface area contributed by atoms with Gasteiger partial charge in [-0.25, -0.2) is 0 Å². The molecule has 0 aliphatic carbocycles. The van der Waals surface area contributed by atoms with E-state index in [1.165, 1.54) is 5.01 Å². The minimum atomic E-state index is -1.56. The third-order valence-corrected chi connectivity index (χ3v) is 5.65. The summed E-state index contributed by atoms with van der Waals surface area (Å²) in [5.41, 5.74) is -0.234. The largest absolute Gasteiger partial charge is 0.374 e. The smallest absolute Gasteiger partial charge is 0.285 e. The molecule has 2 aliphatic heterocycles. The van der Waals surface area contributed by atoms with Crippen LogP contribution in [0.5, 0.6) is 0 Å². The number of amides is 2. The lowest BCUT2D eigenvalue weighted by atomic mass is 9.95. The van der Waals surface area contributed by atoms with Gasteiger partial charge in [-0.1, -0.05) is 13.0 Å². The number of hydrogen-bond acceptors (Lipinski definition) is 5. The van der Waals surface area contributed by atoms with Crippen molar-refractivity contribution in [2.24, 2.45) is 11.0 Å². The van der Waals surface area contributed by atoms with Crippen LogP contribution in [0.1, 0.15) is 43.5 Å².